The van der Waals surface area contributed by atoms with Crippen LogP contribution in [0.15, 0.2) is 18.2 Å². The highest BCUT2D eigenvalue weighted by atomic mass is 16.1. The zero-order chi connectivity index (χ0) is 15.9. The van der Waals surface area contributed by atoms with Gasteiger partial charge in [-0.25, -0.2) is 0 Å². The summed E-state index contributed by atoms with van der Waals surface area (Å²) in [5.74, 6) is -0.0272. The number of nitrogens with two attached hydrogens (primary N) is 1. The van der Waals surface area contributed by atoms with Gasteiger partial charge in [0.25, 0.3) is 5.91 Å². The van der Waals surface area contributed by atoms with Crippen molar-refractivity contribution in [3.63, 3.8) is 0 Å². The summed E-state index contributed by atoms with van der Waals surface area (Å²) in [4.78, 5) is 17.1. The third kappa shape index (κ3) is 4.71. The van der Waals surface area contributed by atoms with Gasteiger partial charge in [-0.15, -0.1) is 0 Å². The minimum atomic E-state index is -0.0272. The number of nitrogen functional groups attached to an aromatic ring is 1. The molecule has 1 aliphatic heterocycles. The summed E-state index contributed by atoms with van der Waals surface area (Å²) in [6.07, 6.45) is 0.985. The molecule has 1 saturated heterocycles. The van der Waals surface area contributed by atoms with Gasteiger partial charge in [-0.05, 0) is 44.1 Å². The number of nitrogens with one attached hydrogen (secondary N) is 1. The molecule has 1 heterocycles. The Morgan fingerprint density at radius 1 is 1.23 bits per heavy atom. The van der Waals surface area contributed by atoms with Crippen LogP contribution in [0.3, 0.4) is 0 Å². The molecule has 1 aromatic carbocycles. The van der Waals surface area contributed by atoms with Gasteiger partial charge in [-0.1, -0.05) is 13.0 Å². The van der Waals surface area contributed by atoms with Crippen LogP contribution in [0.1, 0.15) is 29.3 Å². The Balaban J connectivity index is 1.68. The number of amides is 1. The number of anilines is 1. The fourth-order valence-corrected chi connectivity index (χ4v) is 2.81. The molecule has 2 rings (SSSR count). The third-order valence-electron chi connectivity index (χ3n) is 4.36. The van der Waals surface area contributed by atoms with E-state index in [1.165, 1.54) is 0 Å². The standard InChI is InChI=1S/C17H28N4O/c1-3-20-9-11-21(12-10-20)8-4-7-19-17(22)16-13-15(18)6-5-14(16)2/h5-6,13H,3-4,7-12,18H2,1-2H3,(H,19,22). The summed E-state index contributed by atoms with van der Waals surface area (Å²) in [5.41, 5.74) is 8.02. The topological polar surface area (TPSA) is 61.6 Å². The number of likely N-dealkylation sites (N-methyl/N-ethyl adjacent to an activating group) is 1. The van der Waals surface area contributed by atoms with Gasteiger partial charge in [0, 0.05) is 44.0 Å². The number of carbonyl (C=O) groups is 1. The number of carbonyl (C=O) groups excluding carboxylic acids is 1. The quantitative estimate of drug-likeness (QED) is 0.615. The molecule has 5 heteroatoms. The van der Waals surface area contributed by atoms with Gasteiger partial charge < -0.3 is 20.9 Å². The van der Waals surface area contributed by atoms with Crippen molar-refractivity contribution in [2.45, 2.75) is 20.3 Å². The summed E-state index contributed by atoms with van der Waals surface area (Å²) in [6, 6.07) is 5.45. The van der Waals surface area contributed by atoms with Crippen molar-refractivity contribution < 1.29 is 4.79 Å². The van der Waals surface area contributed by atoms with Crippen LogP contribution in [0.25, 0.3) is 0 Å². The molecule has 1 aliphatic rings. The number of hydrogen-bond donors (Lipinski definition) is 2. The van der Waals surface area contributed by atoms with E-state index in [9.17, 15) is 4.79 Å². The number of piperazine rings is 1. The van der Waals surface area contributed by atoms with E-state index in [2.05, 4.69) is 22.0 Å². The maximum Gasteiger partial charge on any atom is 0.251 e. The van der Waals surface area contributed by atoms with Gasteiger partial charge >= 0.3 is 0 Å². The SMILES string of the molecule is CCN1CCN(CCCNC(=O)c2cc(N)ccc2C)CC1. The van der Waals surface area contributed by atoms with E-state index in [1.54, 1.807) is 6.07 Å². The van der Waals surface area contributed by atoms with Crippen LogP contribution in [0.5, 0.6) is 0 Å². The Kier molecular flexibility index (Phi) is 6.21. The van der Waals surface area contributed by atoms with Crippen LogP contribution < -0.4 is 11.1 Å². The van der Waals surface area contributed by atoms with Crippen LogP contribution in [-0.4, -0.2) is 61.5 Å². The van der Waals surface area contributed by atoms with Crippen molar-refractivity contribution in [2.75, 3.05) is 51.5 Å². The maximum absolute atomic E-state index is 12.2. The molecule has 0 unspecified atom stereocenters. The highest BCUT2D eigenvalue weighted by Crippen LogP contribution is 2.12. The first-order chi connectivity index (χ1) is 10.6. The zero-order valence-electron chi connectivity index (χ0n) is 13.8. The monoisotopic (exact) mass is 304 g/mol. The van der Waals surface area contributed by atoms with Gasteiger partial charge in [0.15, 0.2) is 0 Å². The molecule has 122 valence electrons. The summed E-state index contributed by atoms with van der Waals surface area (Å²) in [6.45, 7) is 11.6. The molecule has 0 atom stereocenters. The Bertz CT molecular complexity index is 495. The first-order valence-electron chi connectivity index (χ1n) is 8.19. The highest BCUT2D eigenvalue weighted by Gasteiger charge is 2.15. The molecule has 5 nitrogen and oxygen atoms in total. The van der Waals surface area contributed by atoms with Gasteiger partial charge in [0.2, 0.25) is 0 Å². The molecule has 0 saturated carbocycles. The molecule has 1 amide bonds. The molecular weight excluding hydrogens is 276 g/mol. The van der Waals surface area contributed by atoms with Crippen LogP contribution in [0, 0.1) is 6.92 Å². The van der Waals surface area contributed by atoms with Gasteiger partial charge in [-0.3, -0.25) is 4.79 Å². The van der Waals surface area contributed by atoms with E-state index in [-0.39, 0.29) is 5.91 Å². The van der Waals surface area contributed by atoms with E-state index < -0.39 is 0 Å². The Morgan fingerprint density at radius 2 is 1.91 bits per heavy atom. The fourth-order valence-electron chi connectivity index (χ4n) is 2.81. The number of rotatable bonds is 6. The third-order valence-corrected chi connectivity index (χ3v) is 4.36. The van der Waals surface area contributed by atoms with E-state index in [1.807, 2.05) is 19.1 Å². The summed E-state index contributed by atoms with van der Waals surface area (Å²) < 4.78 is 0. The number of hydrogen-bond acceptors (Lipinski definition) is 4. The van der Waals surface area contributed by atoms with E-state index >= 15 is 0 Å². The van der Waals surface area contributed by atoms with Gasteiger partial charge in [0.05, 0.1) is 0 Å². The molecule has 0 aromatic heterocycles. The highest BCUT2D eigenvalue weighted by molar-refractivity contribution is 5.96. The normalized spacial score (nSPS) is 16.6. The first-order valence-corrected chi connectivity index (χ1v) is 8.19. The van der Waals surface area contributed by atoms with Crippen molar-refractivity contribution in [3.8, 4) is 0 Å². The smallest absolute Gasteiger partial charge is 0.251 e. The predicted octanol–water partition coefficient (Wildman–Crippen LogP) is 1.33. The van der Waals surface area contributed by atoms with E-state index in [0.29, 0.717) is 17.8 Å². The van der Waals surface area contributed by atoms with Crippen molar-refractivity contribution in [1.29, 1.82) is 0 Å². The zero-order valence-corrected chi connectivity index (χ0v) is 13.8. The lowest BCUT2D eigenvalue weighted by atomic mass is 10.1. The van der Waals surface area contributed by atoms with Crippen molar-refractivity contribution in [3.05, 3.63) is 29.3 Å². The fraction of sp³-hybridized carbons (Fsp3) is 0.588. The van der Waals surface area contributed by atoms with Crippen LogP contribution in [-0.2, 0) is 0 Å². The second kappa shape index (κ2) is 8.15. The van der Waals surface area contributed by atoms with Crippen LogP contribution in [0.2, 0.25) is 0 Å². The molecule has 0 radical (unpaired) electrons. The number of benzene rings is 1. The van der Waals surface area contributed by atoms with Gasteiger partial charge in [-0.2, -0.15) is 0 Å². The molecule has 1 aromatic rings. The molecule has 3 N–H and O–H groups in total. The first kappa shape index (κ1) is 16.8. The summed E-state index contributed by atoms with van der Waals surface area (Å²) in [7, 11) is 0. The predicted molar refractivity (Wildman–Crippen MR) is 91.1 cm³/mol. The molecule has 1 fully saturated rings. The second-order valence-electron chi connectivity index (χ2n) is 5.96. The maximum atomic E-state index is 12.2. The largest absolute Gasteiger partial charge is 0.399 e. The minimum Gasteiger partial charge on any atom is -0.399 e. The Labute approximate surface area is 133 Å². The summed E-state index contributed by atoms with van der Waals surface area (Å²) in [5, 5.41) is 2.99. The van der Waals surface area contributed by atoms with Crippen LogP contribution in [0.4, 0.5) is 5.69 Å². The van der Waals surface area contributed by atoms with Crippen molar-refractivity contribution in [2.24, 2.45) is 0 Å². The summed E-state index contributed by atoms with van der Waals surface area (Å²) >= 11 is 0. The average molecular weight is 304 g/mol. The van der Waals surface area contributed by atoms with E-state index in [4.69, 9.17) is 5.73 Å². The molecule has 22 heavy (non-hydrogen) atoms. The Morgan fingerprint density at radius 3 is 2.59 bits per heavy atom. The molecular formula is C17H28N4O. The van der Waals surface area contributed by atoms with Crippen molar-refractivity contribution >= 4 is 11.6 Å². The van der Waals surface area contributed by atoms with Gasteiger partial charge in [0.1, 0.15) is 0 Å². The molecule has 0 aliphatic carbocycles. The Hall–Kier alpha value is -1.59. The van der Waals surface area contributed by atoms with Crippen LogP contribution >= 0.6 is 0 Å². The number of aryl methyl sites for hydroxylation is 1. The minimum absolute atomic E-state index is 0.0272. The average Bonchev–Trinajstić information content (AvgIpc) is 2.54. The lowest BCUT2D eigenvalue weighted by Gasteiger charge is -2.33. The van der Waals surface area contributed by atoms with Crippen molar-refractivity contribution in [1.82, 2.24) is 15.1 Å². The second-order valence-corrected chi connectivity index (χ2v) is 5.96. The van der Waals surface area contributed by atoms with E-state index in [0.717, 1.165) is 51.3 Å². The lowest BCUT2D eigenvalue weighted by molar-refractivity contribution is 0.0947. The number of nitrogens with zero attached hydrogens (tertiary/aromatic N) is 2. The lowest BCUT2D eigenvalue weighted by Crippen LogP contribution is -2.46. The molecule has 0 bridgehead atoms. The molecule has 0 spiro atoms.